The lowest BCUT2D eigenvalue weighted by Gasteiger charge is -2.16. The van der Waals surface area contributed by atoms with Crippen LogP contribution in [0.1, 0.15) is 44.6 Å². The van der Waals surface area contributed by atoms with E-state index in [1.807, 2.05) is 42.5 Å². The van der Waals surface area contributed by atoms with Gasteiger partial charge in [0.25, 0.3) is 0 Å². The number of alkyl halides is 3. The molecular weight excluding hydrogens is 585 g/mol. The molecule has 5 aromatic rings. The predicted octanol–water partition coefficient (Wildman–Crippen LogP) is 7.83. The minimum absolute atomic E-state index is 0.0425. The summed E-state index contributed by atoms with van der Waals surface area (Å²) in [6, 6.07) is 26.9. The molecule has 4 aromatic carbocycles. The van der Waals surface area contributed by atoms with Crippen LogP contribution in [0, 0.1) is 5.92 Å². The van der Waals surface area contributed by atoms with Crippen molar-refractivity contribution in [1.29, 1.82) is 0 Å². The molecule has 0 fully saturated rings. The molecule has 230 valence electrons. The van der Waals surface area contributed by atoms with E-state index in [4.69, 9.17) is 4.74 Å². The number of carboxylic acid groups (broad SMARTS) is 1. The van der Waals surface area contributed by atoms with Crippen molar-refractivity contribution in [2.24, 2.45) is 5.92 Å². The number of para-hydroxylation sites is 1. The third-order valence-electron chi connectivity index (χ3n) is 7.34. The van der Waals surface area contributed by atoms with Crippen LogP contribution in [-0.2, 0) is 25.6 Å². The zero-order valence-electron chi connectivity index (χ0n) is 24.0. The monoisotopic (exact) mass is 614 g/mol. The Kier molecular flexibility index (Phi) is 9.62. The molecule has 10 heteroatoms. The van der Waals surface area contributed by atoms with Crippen molar-refractivity contribution in [3.63, 3.8) is 0 Å². The SMILES string of the molecule is O=C(O)c1ccc(CCC(/C=C/c2ccccc2OCc2ccccc2C(F)(F)F)Cc2ccc(-c3noc(=O)[nH]3)cc2)cc1. The van der Waals surface area contributed by atoms with Crippen LogP contribution in [0.2, 0.25) is 0 Å². The Bertz CT molecular complexity index is 1820. The van der Waals surface area contributed by atoms with Gasteiger partial charge in [-0.1, -0.05) is 90.1 Å². The third kappa shape index (κ3) is 8.38. The molecule has 0 saturated carbocycles. The van der Waals surface area contributed by atoms with Crippen molar-refractivity contribution in [3.05, 3.63) is 147 Å². The fourth-order valence-electron chi connectivity index (χ4n) is 4.96. The van der Waals surface area contributed by atoms with Crippen LogP contribution in [0.5, 0.6) is 5.75 Å². The highest BCUT2D eigenvalue weighted by atomic mass is 19.4. The van der Waals surface area contributed by atoms with E-state index in [0.29, 0.717) is 30.0 Å². The number of aromatic nitrogens is 2. The van der Waals surface area contributed by atoms with E-state index in [-0.39, 0.29) is 23.7 Å². The fraction of sp³-hybridized carbons (Fsp3) is 0.171. The van der Waals surface area contributed by atoms with E-state index in [9.17, 15) is 27.9 Å². The topological polar surface area (TPSA) is 105 Å². The second-order valence-corrected chi connectivity index (χ2v) is 10.5. The standard InChI is InChI=1S/C35H29F3N2O5/c36-35(37,38)30-7-3-1-6-29(30)22-44-31-8-4-2-5-26(31)16-13-24(10-9-23-11-19-28(20-12-23)33(41)42)21-25-14-17-27(18-15-25)32-39-34(43)45-40-32/h1-8,11-20,24H,9-10,21-22H2,(H,41,42)(H,39,40,43)/b16-13+. The molecule has 0 radical (unpaired) electrons. The highest BCUT2D eigenvalue weighted by Gasteiger charge is 2.33. The minimum atomic E-state index is -4.48. The fourth-order valence-corrected chi connectivity index (χ4v) is 4.96. The lowest BCUT2D eigenvalue weighted by atomic mass is 9.91. The summed E-state index contributed by atoms with van der Waals surface area (Å²) in [5.41, 5.74) is 3.00. The van der Waals surface area contributed by atoms with Gasteiger partial charge in [0.1, 0.15) is 12.4 Å². The molecule has 45 heavy (non-hydrogen) atoms. The number of aromatic amines is 1. The van der Waals surface area contributed by atoms with Gasteiger partial charge in [0, 0.05) is 16.7 Å². The highest BCUT2D eigenvalue weighted by Crippen LogP contribution is 2.33. The van der Waals surface area contributed by atoms with E-state index >= 15 is 0 Å². The van der Waals surface area contributed by atoms with E-state index in [1.165, 1.54) is 12.1 Å². The van der Waals surface area contributed by atoms with Gasteiger partial charge in [0.15, 0.2) is 5.82 Å². The largest absolute Gasteiger partial charge is 0.488 e. The molecule has 1 unspecified atom stereocenters. The molecule has 1 heterocycles. The highest BCUT2D eigenvalue weighted by molar-refractivity contribution is 5.87. The average molecular weight is 615 g/mol. The Morgan fingerprint density at radius 1 is 0.933 bits per heavy atom. The minimum Gasteiger partial charge on any atom is -0.488 e. The van der Waals surface area contributed by atoms with Crippen LogP contribution in [0.25, 0.3) is 17.5 Å². The Morgan fingerprint density at radius 2 is 1.62 bits per heavy atom. The maximum atomic E-state index is 13.5. The van der Waals surface area contributed by atoms with E-state index < -0.39 is 23.5 Å². The maximum Gasteiger partial charge on any atom is 0.439 e. The summed E-state index contributed by atoms with van der Waals surface area (Å²) < 4.78 is 50.9. The quantitative estimate of drug-likeness (QED) is 0.148. The number of hydrogen-bond donors (Lipinski definition) is 2. The van der Waals surface area contributed by atoms with Gasteiger partial charge in [-0.15, -0.1) is 0 Å². The van der Waals surface area contributed by atoms with E-state index in [1.54, 1.807) is 42.5 Å². The van der Waals surface area contributed by atoms with Crippen molar-refractivity contribution in [2.45, 2.75) is 32.0 Å². The summed E-state index contributed by atoms with van der Waals surface area (Å²) in [7, 11) is 0. The van der Waals surface area contributed by atoms with Crippen molar-refractivity contribution < 1.29 is 32.3 Å². The van der Waals surface area contributed by atoms with Crippen LogP contribution in [-0.4, -0.2) is 21.2 Å². The van der Waals surface area contributed by atoms with Crippen molar-refractivity contribution in [3.8, 4) is 17.1 Å². The van der Waals surface area contributed by atoms with Gasteiger partial charge in [-0.3, -0.25) is 9.51 Å². The summed E-state index contributed by atoms with van der Waals surface area (Å²) in [5, 5.41) is 12.9. The predicted molar refractivity (Wildman–Crippen MR) is 163 cm³/mol. The molecule has 1 aromatic heterocycles. The molecule has 5 rings (SSSR count). The van der Waals surface area contributed by atoms with Gasteiger partial charge in [-0.2, -0.15) is 13.2 Å². The normalized spacial score (nSPS) is 12.3. The molecule has 0 aliphatic carbocycles. The van der Waals surface area contributed by atoms with Crippen molar-refractivity contribution in [1.82, 2.24) is 10.1 Å². The second kappa shape index (κ2) is 13.9. The number of carboxylic acids is 1. The van der Waals surface area contributed by atoms with Crippen LogP contribution in [0.4, 0.5) is 13.2 Å². The number of halogens is 3. The zero-order chi connectivity index (χ0) is 31.8. The molecule has 0 aliphatic heterocycles. The summed E-state index contributed by atoms with van der Waals surface area (Å²) in [5.74, 6) is -0.782. The molecule has 2 N–H and O–H groups in total. The number of aromatic carboxylic acids is 1. The zero-order valence-corrected chi connectivity index (χ0v) is 24.0. The third-order valence-corrected chi connectivity index (χ3v) is 7.34. The van der Waals surface area contributed by atoms with Gasteiger partial charge in [0.05, 0.1) is 11.1 Å². The van der Waals surface area contributed by atoms with Crippen LogP contribution >= 0.6 is 0 Å². The average Bonchev–Trinajstić information content (AvgIpc) is 3.48. The molecule has 0 amide bonds. The molecule has 0 spiro atoms. The molecule has 7 nitrogen and oxygen atoms in total. The molecule has 0 bridgehead atoms. The number of nitrogens with zero attached hydrogens (tertiary/aromatic N) is 1. The first-order valence-electron chi connectivity index (χ1n) is 14.2. The molecule has 1 atom stereocenters. The maximum absolute atomic E-state index is 13.5. The van der Waals surface area contributed by atoms with Crippen molar-refractivity contribution in [2.75, 3.05) is 0 Å². The lowest BCUT2D eigenvalue weighted by Crippen LogP contribution is -2.10. The number of benzene rings is 4. The van der Waals surface area contributed by atoms with Gasteiger partial charge in [0.2, 0.25) is 0 Å². The Morgan fingerprint density at radius 3 is 2.31 bits per heavy atom. The number of ether oxygens (including phenoxy) is 1. The Hall–Kier alpha value is -5.38. The molecule has 0 saturated heterocycles. The van der Waals surface area contributed by atoms with E-state index in [0.717, 1.165) is 29.2 Å². The van der Waals surface area contributed by atoms with Crippen LogP contribution in [0.3, 0.4) is 0 Å². The lowest BCUT2D eigenvalue weighted by molar-refractivity contribution is -0.138. The van der Waals surface area contributed by atoms with Crippen molar-refractivity contribution >= 4 is 12.0 Å². The summed E-state index contributed by atoms with van der Waals surface area (Å²) in [6.45, 7) is -0.237. The van der Waals surface area contributed by atoms with Gasteiger partial charge >= 0.3 is 17.9 Å². The first-order chi connectivity index (χ1) is 21.7. The van der Waals surface area contributed by atoms with E-state index in [2.05, 4.69) is 20.7 Å². The van der Waals surface area contributed by atoms with Gasteiger partial charge < -0.3 is 9.84 Å². The number of carbonyl (C=O) groups is 1. The summed E-state index contributed by atoms with van der Waals surface area (Å²) in [4.78, 5) is 25.1. The number of hydrogen-bond acceptors (Lipinski definition) is 5. The van der Waals surface area contributed by atoms with Crippen LogP contribution < -0.4 is 10.5 Å². The summed E-state index contributed by atoms with van der Waals surface area (Å²) in [6.07, 6.45) is 1.59. The number of rotatable bonds is 12. The Labute approximate surface area is 256 Å². The smallest absolute Gasteiger partial charge is 0.439 e. The van der Waals surface area contributed by atoms with Crippen LogP contribution in [0.15, 0.2) is 112 Å². The van der Waals surface area contributed by atoms with Gasteiger partial charge in [-0.25, -0.2) is 9.59 Å². The number of allylic oxidation sites excluding steroid dienone is 1. The number of nitrogens with one attached hydrogen (secondary N) is 1. The first kappa shape index (κ1) is 31.1. The first-order valence-corrected chi connectivity index (χ1v) is 14.2. The van der Waals surface area contributed by atoms with Gasteiger partial charge in [-0.05, 0) is 60.6 Å². The number of aryl methyl sites for hydroxylation is 1. The number of H-pyrrole nitrogens is 1. The second-order valence-electron chi connectivity index (χ2n) is 10.5. The molecule has 0 aliphatic rings. The molecular formula is C35H29F3N2O5. The summed E-state index contributed by atoms with van der Waals surface area (Å²) >= 11 is 0. The Balaban J connectivity index is 1.34.